The molecule has 0 radical (unpaired) electrons. The van der Waals surface area contributed by atoms with E-state index in [4.69, 9.17) is 4.74 Å². The maximum atomic E-state index is 5.57. The molecule has 1 aromatic rings. The molecule has 0 spiro atoms. The molecule has 2 fully saturated rings. The van der Waals surface area contributed by atoms with Crippen molar-refractivity contribution >= 4 is 11.8 Å². The highest BCUT2D eigenvalue weighted by Gasteiger charge is 2.40. The molecular weight excluding hydrogens is 318 g/mol. The van der Waals surface area contributed by atoms with E-state index in [2.05, 4.69) is 52.9 Å². The van der Waals surface area contributed by atoms with Crippen LogP contribution in [0.4, 0.5) is 0 Å². The maximum absolute atomic E-state index is 5.57. The van der Waals surface area contributed by atoms with Gasteiger partial charge in [0.1, 0.15) is 0 Å². The van der Waals surface area contributed by atoms with E-state index in [1.54, 1.807) is 0 Å². The number of hydrogen-bond acceptors (Lipinski definition) is 5. The van der Waals surface area contributed by atoms with Crippen LogP contribution in [0.25, 0.3) is 0 Å². The lowest BCUT2D eigenvalue weighted by Crippen LogP contribution is -2.58. The van der Waals surface area contributed by atoms with E-state index in [1.807, 2.05) is 12.3 Å². The van der Waals surface area contributed by atoms with Crippen molar-refractivity contribution in [3.8, 4) is 0 Å². The third-order valence-electron chi connectivity index (χ3n) is 5.19. The molecule has 0 unspecified atom stereocenters. The number of morpholine rings is 1. The first kappa shape index (κ1) is 18.2. The second kappa shape index (κ2) is 8.65. The van der Waals surface area contributed by atoms with Crippen molar-refractivity contribution in [3.63, 3.8) is 0 Å². The van der Waals surface area contributed by atoms with Gasteiger partial charge in [0.2, 0.25) is 0 Å². The third kappa shape index (κ3) is 4.51. The van der Waals surface area contributed by atoms with Crippen molar-refractivity contribution in [3.05, 3.63) is 30.1 Å². The lowest BCUT2D eigenvalue weighted by molar-refractivity contribution is -0.0143. The van der Waals surface area contributed by atoms with E-state index < -0.39 is 0 Å². The molecule has 4 nitrogen and oxygen atoms in total. The standard InChI is InChI=1S/C19H31N3OS/c1-16(2)13-18(17-5-3-4-7-20-17)21-14-19(6-12-24-15-19)22-8-10-23-11-9-22/h3-5,7,16,18,21H,6,8-15H2,1-2H3/t18-,19+/m0/s1. The SMILES string of the molecule is CC(C)C[C@H](NC[C@]1(N2CCOCC2)CCSC1)c1ccccn1. The smallest absolute Gasteiger partial charge is 0.0594 e. The molecular formula is C19H31N3OS. The summed E-state index contributed by atoms with van der Waals surface area (Å²) in [7, 11) is 0. The number of nitrogens with one attached hydrogen (secondary N) is 1. The predicted molar refractivity (Wildman–Crippen MR) is 102 cm³/mol. The van der Waals surface area contributed by atoms with Crippen LogP contribution in [0.3, 0.4) is 0 Å². The van der Waals surface area contributed by atoms with Gasteiger partial charge in [0, 0.05) is 43.2 Å². The summed E-state index contributed by atoms with van der Waals surface area (Å²) in [6.45, 7) is 9.53. The van der Waals surface area contributed by atoms with E-state index >= 15 is 0 Å². The minimum absolute atomic E-state index is 0.290. The number of hydrogen-bond donors (Lipinski definition) is 1. The Labute approximate surface area is 150 Å². The number of thioether (sulfide) groups is 1. The molecule has 5 heteroatoms. The zero-order chi connectivity index (χ0) is 16.8. The Morgan fingerprint density at radius 2 is 2.17 bits per heavy atom. The van der Waals surface area contributed by atoms with Gasteiger partial charge >= 0.3 is 0 Å². The number of nitrogens with zero attached hydrogens (tertiary/aromatic N) is 2. The van der Waals surface area contributed by atoms with Crippen molar-refractivity contribution in [2.75, 3.05) is 44.4 Å². The molecule has 1 N–H and O–H groups in total. The van der Waals surface area contributed by atoms with E-state index in [-0.39, 0.29) is 0 Å². The van der Waals surface area contributed by atoms with E-state index in [0.29, 0.717) is 17.5 Å². The van der Waals surface area contributed by atoms with Crippen LogP contribution in [0.1, 0.15) is 38.4 Å². The molecule has 0 aromatic carbocycles. The van der Waals surface area contributed by atoms with Gasteiger partial charge in [0.05, 0.1) is 18.9 Å². The van der Waals surface area contributed by atoms with Gasteiger partial charge in [0.15, 0.2) is 0 Å². The quantitative estimate of drug-likeness (QED) is 0.819. The Kier molecular flexibility index (Phi) is 6.56. The van der Waals surface area contributed by atoms with E-state index in [9.17, 15) is 0 Å². The molecule has 0 saturated carbocycles. The normalized spacial score (nSPS) is 26.8. The Hall–Kier alpha value is -0.620. The van der Waals surface area contributed by atoms with Crippen LogP contribution in [0, 0.1) is 5.92 Å². The Morgan fingerprint density at radius 3 is 2.79 bits per heavy atom. The summed E-state index contributed by atoms with van der Waals surface area (Å²) >= 11 is 2.10. The first-order chi connectivity index (χ1) is 11.7. The fraction of sp³-hybridized carbons (Fsp3) is 0.737. The van der Waals surface area contributed by atoms with Gasteiger partial charge in [-0.05, 0) is 36.6 Å². The highest BCUT2D eigenvalue weighted by Crippen LogP contribution is 2.34. The lowest BCUT2D eigenvalue weighted by atomic mass is 9.93. The lowest BCUT2D eigenvalue weighted by Gasteiger charge is -2.43. The zero-order valence-electron chi connectivity index (χ0n) is 15.0. The van der Waals surface area contributed by atoms with Gasteiger partial charge in [-0.2, -0.15) is 11.8 Å². The van der Waals surface area contributed by atoms with Crippen LogP contribution in [0.2, 0.25) is 0 Å². The number of ether oxygens (including phenoxy) is 1. The Bertz CT molecular complexity index is 485. The molecule has 1 aromatic heterocycles. The van der Waals surface area contributed by atoms with Crippen molar-refractivity contribution in [1.82, 2.24) is 15.2 Å². The highest BCUT2D eigenvalue weighted by molar-refractivity contribution is 7.99. The predicted octanol–water partition coefficient (Wildman–Crippen LogP) is 2.97. The van der Waals surface area contributed by atoms with Gasteiger partial charge in [-0.3, -0.25) is 9.88 Å². The van der Waals surface area contributed by atoms with Crippen molar-refractivity contribution in [2.45, 2.75) is 38.3 Å². The number of pyridine rings is 1. The highest BCUT2D eigenvalue weighted by atomic mass is 32.2. The molecule has 2 saturated heterocycles. The van der Waals surface area contributed by atoms with Crippen LogP contribution in [0.5, 0.6) is 0 Å². The summed E-state index contributed by atoms with van der Waals surface area (Å²) in [6, 6.07) is 6.60. The van der Waals surface area contributed by atoms with Crippen LogP contribution in [0.15, 0.2) is 24.4 Å². The maximum Gasteiger partial charge on any atom is 0.0594 e. The molecule has 3 rings (SSSR count). The second-order valence-corrected chi connectivity index (χ2v) is 8.55. The molecule has 2 atom stereocenters. The average molecular weight is 350 g/mol. The van der Waals surface area contributed by atoms with Gasteiger partial charge in [-0.25, -0.2) is 0 Å². The Morgan fingerprint density at radius 1 is 1.33 bits per heavy atom. The van der Waals surface area contributed by atoms with Gasteiger partial charge in [-0.15, -0.1) is 0 Å². The zero-order valence-corrected chi connectivity index (χ0v) is 15.9. The summed E-state index contributed by atoms with van der Waals surface area (Å²) in [6.07, 6.45) is 4.32. The first-order valence-corrected chi connectivity index (χ1v) is 10.4. The van der Waals surface area contributed by atoms with Gasteiger partial charge in [0.25, 0.3) is 0 Å². The molecule has 3 heterocycles. The van der Waals surface area contributed by atoms with Crippen molar-refractivity contribution in [1.29, 1.82) is 0 Å². The van der Waals surface area contributed by atoms with Crippen LogP contribution < -0.4 is 5.32 Å². The average Bonchev–Trinajstić information content (AvgIpc) is 3.10. The van der Waals surface area contributed by atoms with Crippen LogP contribution >= 0.6 is 11.8 Å². The molecule has 2 aliphatic rings. The monoisotopic (exact) mass is 349 g/mol. The van der Waals surface area contributed by atoms with Crippen molar-refractivity contribution in [2.24, 2.45) is 5.92 Å². The fourth-order valence-electron chi connectivity index (χ4n) is 3.81. The largest absolute Gasteiger partial charge is 0.379 e. The van der Waals surface area contributed by atoms with Crippen LogP contribution in [-0.2, 0) is 4.74 Å². The third-order valence-corrected chi connectivity index (χ3v) is 6.43. The minimum Gasteiger partial charge on any atom is -0.379 e. The van der Waals surface area contributed by atoms with Crippen molar-refractivity contribution < 1.29 is 4.74 Å². The molecule has 0 bridgehead atoms. The minimum atomic E-state index is 0.290. The number of rotatable bonds is 7. The molecule has 2 aliphatic heterocycles. The Balaban J connectivity index is 1.69. The van der Waals surface area contributed by atoms with E-state index in [1.165, 1.54) is 23.6 Å². The fourth-order valence-corrected chi connectivity index (χ4v) is 5.29. The first-order valence-electron chi connectivity index (χ1n) is 9.24. The van der Waals surface area contributed by atoms with Gasteiger partial charge in [-0.1, -0.05) is 19.9 Å². The molecule has 0 amide bonds. The summed E-state index contributed by atoms with van der Waals surface area (Å²) < 4.78 is 5.57. The summed E-state index contributed by atoms with van der Waals surface area (Å²) in [5.74, 6) is 3.16. The summed E-state index contributed by atoms with van der Waals surface area (Å²) in [5.41, 5.74) is 1.47. The second-order valence-electron chi connectivity index (χ2n) is 7.44. The topological polar surface area (TPSA) is 37.4 Å². The molecule has 24 heavy (non-hydrogen) atoms. The van der Waals surface area contributed by atoms with Crippen LogP contribution in [-0.4, -0.2) is 59.8 Å². The summed E-state index contributed by atoms with van der Waals surface area (Å²) in [5, 5.41) is 3.89. The number of aromatic nitrogens is 1. The molecule has 0 aliphatic carbocycles. The van der Waals surface area contributed by atoms with Gasteiger partial charge < -0.3 is 10.1 Å². The van der Waals surface area contributed by atoms with E-state index in [0.717, 1.165) is 39.3 Å². The summed E-state index contributed by atoms with van der Waals surface area (Å²) in [4.78, 5) is 7.29. The molecule has 134 valence electrons.